The topological polar surface area (TPSA) is 19.4 Å². The van der Waals surface area contributed by atoms with Crippen molar-refractivity contribution in [1.29, 1.82) is 0 Å². The summed E-state index contributed by atoms with van der Waals surface area (Å²) in [6.07, 6.45) is 5.96. The molecule has 98 valence electrons. The molecule has 1 aromatic rings. The summed E-state index contributed by atoms with van der Waals surface area (Å²) in [5.41, 5.74) is 1.27. The van der Waals surface area contributed by atoms with Crippen LogP contribution >= 0.6 is 15.9 Å². The zero-order valence-electron chi connectivity index (χ0n) is 10.9. The Balaban J connectivity index is 1.71. The monoisotopic (exact) mass is 309 g/mol. The normalized spacial score (nSPS) is 25.0. The van der Waals surface area contributed by atoms with Gasteiger partial charge in [0.05, 0.1) is 0 Å². The highest BCUT2D eigenvalue weighted by Gasteiger charge is 2.30. The predicted molar refractivity (Wildman–Crippen MR) is 78.1 cm³/mol. The molecule has 3 heterocycles. The molecule has 18 heavy (non-hydrogen) atoms. The lowest BCUT2D eigenvalue weighted by atomic mass is 10.2. The van der Waals surface area contributed by atoms with Gasteiger partial charge >= 0.3 is 0 Å². The molecule has 0 aromatic carbocycles. The SMILES string of the molecule is Cc1cc(Br)cnc1N1CCC(N2CCCC2)C1. The first-order valence-corrected chi connectivity index (χ1v) is 7.64. The predicted octanol–water partition coefficient (Wildman–Crippen LogP) is 2.83. The van der Waals surface area contributed by atoms with Crippen LogP contribution in [0.3, 0.4) is 0 Å². The molecule has 0 bridgehead atoms. The van der Waals surface area contributed by atoms with Gasteiger partial charge in [-0.3, -0.25) is 4.90 Å². The van der Waals surface area contributed by atoms with Crippen molar-refractivity contribution in [1.82, 2.24) is 9.88 Å². The van der Waals surface area contributed by atoms with E-state index in [2.05, 4.69) is 43.7 Å². The largest absolute Gasteiger partial charge is 0.355 e. The lowest BCUT2D eigenvalue weighted by Gasteiger charge is -2.24. The number of hydrogen-bond acceptors (Lipinski definition) is 3. The van der Waals surface area contributed by atoms with Crippen molar-refractivity contribution < 1.29 is 0 Å². The Bertz CT molecular complexity index is 429. The van der Waals surface area contributed by atoms with E-state index >= 15 is 0 Å². The maximum absolute atomic E-state index is 4.58. The fourth-order valence-electron chi connectivity index (χ4n) is 3.20. The van der Waals surface area contributed by atoms with Crippen LogP contribution in [0, 0.1) is 6.92 Å². The van der Waals surface area contributed by atoms with Crippen LogP contribution < -0.4 is 4.90 Å². The molecule has 2 saturated heterocycles. The van der Waals surface area contributed by atoms with Gasteiger partial charge in [-0.2, -0.15) is 0 Å². The molecule has 2 aliphatic heterocycles. The molecule has 4 heteroatoms. The Kier molecular flexibility index (Phi) is 3.57. The van der Waals surface area contributed by atoms with E-state index in [4.69, 9.17) is 0 Å². The van der Waals surface area contributed by atoms with Crippen LogP contribution in [-0.2, 0) is 0 Å². The van der Waals surface area contributed by atoms with Crippen LogP contribution in [0.5, 0.6) is 0 Å². The first kappa shape index (κ1) is 12.4. The minimum absolute atomic E-state index is 0.748. The Morgan fingerprint density at radius 2 is 2.06 bits per heavy atom. The summed E-state index contributed by atoms with van der Waals surface area (Å²) in [4.78, 5) is 9.69. The number of hydrogen-bond donors (Lipinski definition) is 0. The first-order valence-electron chi connectivity index (χ1n) is 6.85. The number of halogens is 1. The summed E-state index contributed by atoms with van der Waals surface area (Å²) >= 11 is 3.48. The Labute approximate surface area is 117 Å². The average molecular weight is 310 g/mol. The molecule has 0 spiro atoms. The summed E-state index contributed by atoms with van der Waals surface area (Å²) in [6, 6.07) is 2.91. The van der Waals surface area contributed by atoms with Gasteiger partial charge in [0, 0.05) is 29.8 Å². The first-order chi connectivity index (χ1) is 8.74. The Morgan fingerprint density at radius 1 is 1.28 bits per heavy atom. The van der Waals surface area contributed by atoms with E-state index in [0.29, 0.717) is 0 Å². The molecule has 2 aliphatic rings. The number of aryl methyl sites for hydroxylation is 1. The summed E-state index contributed by atoms with van der Waals surface area (Å²) < 4.78 is 1.07. The third-order valence-corrected chi connectivity index (χ3v) is 4.57. The molecule has 0 radical (unpaired) electrons. The second-order valence-electron chi connectivity index (χ2n) is 5.43. The van der Waals surface area contributed by atoms with Crippen LogP contribution in [0.4, 0.5) is 5.82 Å². The molecule has 0 amide bonds. The maximum Gasteiger partial charge on any atom is 0.131 e. The zero-order valence-corrected chi connectivity index (χ0v) is 12.5. The van der Waals surface area contributed by atoms with Gasteiger partial charge in [0.25, 0.3) is 0 Å². The van der Waals surface area contributed by atoms with Crippen molar-refractivity contribution in [2.24, 2.45) is 0 Å². The fourth-order valence-corrected chi connectivity index (χ4v) is 3.65. The number of aromatic nitrogens is 1. The molecule has 1 unspecified atom stereocenters. The van der Waals surface area contributed by atoms with E-state index in [1.54, 1.807) is 0 Å². The number of anilines is 1. The van der Waals surface area contributed by atoms with E-state index in [-0.39, 0.29) is 0 Å². The van der Waals surface area contributed by atoms with Crippen LogP contribution in [0.15, 0.2) is 16.7 Å². The van der Waals surface area contributed by atoms with Crippen LogP contribution in [0.25, 0.3) is 0 Å². The van der Waals surface area contributed by atoms with E-state index in [0.717, 1.165) is 23.6 Å². The quantitative estimate of drug-likeness (QED) is 0.837. The molecule has 1 atom stereocenters. The van der Waals surface area contributed by atoms with Crippen LogP contribution in [-0.4, -0.2) is 42.1 Å². The molecule has 2 fully saturated rings. The summed E-state index contributed by atoms with van der Waals surface area (Å²) in [7, 11) is 0. The van der Waals surface area contributed by atoms with Gasteiger partial charge in [0.2, 0.25) is 0 Å². The van der Waals surface area contributed by atoms with Crippen molar-refractivity contribution >= 4 is 21.7 Å². The van der Waals surface area contributed by atoms with Crippen molar-refractivity contribution in [3.05, 3.63) is 22.3 Å². The number of rotatable bonds is 2. The van der Waals surface area contributed by atoms with Gasteiger partial charge in [0.15, 0.2) is 0 Å². The molecule has 0 N–H and O–H groups in total. The fraction of sp³-hybridized carbons (Fsp3) is 0.643. The van der Waals surface area contributed by atoms with E-state index < -0.39 is 0 Å². The van der Waals surface area contributed by atoms with Gasteiger partial charge in [-0.05, 0) is 66.8 Å². The molecule has 3 rings (SSSR count). The highest BCUT2D eigenvalue weighted by Crippen LogP contribution is 2.27. The highest BCUT2D eigenvalue weighted by atomic mass is 79.9. The Hall–Kier alpha value is -0.610. The molecule has 0 aliphatic carbocycles. The highest BCUT2D eigenvalue weighted by molar-refractivity contribution is 9.10. The number of likely N-dealkylation sites (tertiary alicyclic amines) is 1. The van der Waals surface area contributed by atoms with E-state index in [1.807, 2.05) is 6.20 Å². The molecular weight excluding hydrogens is 290 g/mol. The molecule has 0 saturated carbocycles. The number of nitrogens with zero attached hydrogens (tertiary/aromatic N) is 3. The summed E-state index contributed by atoms with van der Waals surface area (Å²) in [6.45, 7) is 7.04. The molecule has 1 aromatic heterocycles. The molecule has 3 nitrogen and oxygen atoms in total. The van der Waals surface area contributed by atoms with Gasteiger partial charge < -0.3 is 4.90 Å². The summed E-state index contributed by atoms with van der Waals surface area (Å²) in [5, 5.41) is 0. The van der Waals surface area contributed by atoms with Crippen molar-refractivity contribution in [2.75, 3.05) is 31.1 Å². The third-order valence-electron chi connectivity index (χ3n) is 4.14. The van der Waals surface area contributed by atoms with E-state index in [9.17, 15) is 0 Å². The zero-order chi connectivity index (χ0) is 12.5. The second kappa shape index (κ2) is 5.17. The van der Waals surface area contributed by atoms with Crippen molar-refractivity contribution in [2.45, 2.75) is 32.2 Å². The third kappa shape index (κ3) is 2.41. The minimum Gasteiger partial charge on any atom is -0.355 e. The minimum atomic E-state index is 0.748. The van der Waals surface area contributed by atoms with Gasteiger partial charge in [-0.25, -0.2) is 4.98 Å². The van der Waals surface area contributed by atoms with Gasteiger partial charge in [0.1, 0.15) is 5.82 Å². The smallest absolute Gasteiger partial charge is 0.131 e. The molecular formula is C14H20BrN3. The van der Waals surface area contributed by atoms with Gasteiger partial charge in [-0.15, -0.1) is 0 Å². The Morgan fingerprint density at radius 3 is 2.78 bits per heavy atom. The lowest BCUT2D eigenvalue weighted by molar-refractivity contribution is 0.260. The lowest BCUT2D eigenvalue weighted by Crippen LogP contribution is -2.35. The van der Waals surface area contributed by atoms with Crippen molar-refractivity contribution in [3.63, 3.8) is 0 Å². The van der Waals surface area contributed by atoms with Crippen molar-refractivity contribution in [3.8, 4) is 0 Å². The number of pyridine rings is 1. The van der Waals surface area contributed by atoms with Gasteiger partial charge in [-0.1, -0.05) is 0 Å². The van der Waals surface area contributed by atoms with E-state index in [1.165, 1.54) is 43.7 Å². The van der Waals surface area contributed by atoms with Crippen LogP contribution in [0.2, 0.25) is 0 Å². The average Bonchev–Trinajstić information content (AvgIpc) is 2.99. The second-order valence-corrected chi connectivity index (χ2v) is 6.34. The maximum atomic E-state index is 4.58. The summed E-state index contributed by atoms with van der Waals surface area (Å²) in [5.74, 6) is 1.17. The van der Waals surface area contributed by atoms with Crippen LogP contribution in [0.1, 0.15) is 24.8 Å². The standard InChI is InChI=1S/C14H20BrN3/c1-11-8-12(15)9-16-14(11)18-7-4-13(10-18)17-5-2-3-6-17/h8-9,13H,2-7,10H2,1H3.